The van der Waals surface area contributed by atoms with Crippen molar-refractivity contribution in [2.45, 2.75) is 6.92 Å². The van der Waals surface area contributed by atoms with E-state index in [-0.39, 0.29) is 0 Å². The molecule has 0 atom stereocenters. The van der Waals surface area contributed by atoms with Crippen molar-refractivity contribution < 1.29 is 0 Å². The summed E-state index contributed by atoms with van der Waals surface area (Å²) in [6.07, 6.45) is 0. The maximum atomic E-state index is 2.38. The minimum atomic E-state index is 1.18. The predicted octanol–water partition coefficient (Wildman–Crippen LogP) is 10.2. The molecule has 1 heterocycles. The first kappa shape index (κ1) is 22.3. The molecule has 0 aliphatic rings. The van der Waals surface area contributed by atoms with Crippen LogP contribution in [0.5, 0.6) is 0 Å². The summed E-state index contributed by atoms with van der Waals surface area (Å²) in [5.41, 5.74) is 7.36. The first-order valence-corrected chi connectivity index (χ1v) is 13.1. The van der Waals surface area contributed by atoms with Crippen LogP contribution in [0.3, 0.4) is 0 Å². The molecule has 0 N–H and O–H groups in total. The second-order valence-electron chi connectivity index (χ2n) is 9.83. The first-order valence-electron chi connectivity index (χ1n) is 13.1. The van der Waals surface area contributed by atoms with Crippen molar-refractivity contribution in [2.24, 2.45) is 0 Å². The van der Waals surface area contributed by atoms with Crippen molar-refractivity contribution in [3.8, 4) is 16.8 Å². The van der Waals surface area contributed by atoms with E-state index >= 15 is 0 Å². The predicted molar refractivity (Wildman–Crippen MR) is 164 cm³/mol. The Morgan fingerprint density at radius 3 is 1.95 bits per heavy atom. The van der Waals surface area contributed by atoms with Gasteiger partial charge >= 0.3 is 0 Å². The number of benzene rings is 5. The van der Waals surface area contributed by atoms with Gasteiger partial charge in [0, 0.05) is 16.5 Å². The number of hydrogen-bond acceptors (Lipinski definition) is 0. The summed E-state index contributed by atoms with van der Waals surface area (Å²) in [5, 5.41) is 7.56. The monoisotopic (exact) mass is 485 g/mol. The lowest BCUT2D eigenvalue weighted by atomic mass is 9.95. The lowest BCUT2D eigenvalue weighted by Crippen LogP contribution is -1.92. The lowest BCUT2D eigenvalue weighted by molar-refractivity contribution is 1.18. The van der Waals surface area contributed by atoms with E-state index in [1.54, 1.807) is 0 Å². The van der Waals surface area contributed by atoms with Crippen molar-refractivity contribution in [2.75, 3.05) is 0 Å². The van der Waals surface area contributed by atoms with Crippen LogP contribution in [-0.4, -0.2) is 4.57 Å². The zero-order valence-electron chi connectivity index (χ0n) is 21.3. The summed E-state index contributed by atoms with van der Waals surface area (Å²) in [6, 6.07) is 52.5. The summed E-state index contributed by atoms with van der Waals surface area (Å²) < 4.78 is 2.38. The average molecular weight is 486 g/mol. The lowest BCUT2D eigenvalue weighted by Gasteiger charge is -2.10. The summed E-state index contributed by atoms with van der Waals surface area (Å²) in [7, 11) is 0. The molecule has 0 radical (unpaired) electrons. The second-order valence-corrected chi connectivity index (χ2v) is 9.83. The molecule has 1 heteroatoms. The zero-order valence-corrected chi connectivity index (χ0v) is 21.3. The number of rotatable bonds is 2. The fourth-order valence-corrected chi connectivity index (χ4v) is 5.79. The molecule has 0 bridgehead atoms. The Morgan fingerprint density at radius 1 is 0.447 bits per heavy atom. The van der Waals surface area contributed by atoms with Crippen LogP contribution in [-0.2, 0) is 0 Å². The molecule has 0 saturated heterocycles. The minimum Gasteiger partial charge on any atom is -0.309 e. The SMILES string of the molecule is Cc1cccccc2ccc(-c3cccc4c3c3ccccc3n4-c3ccccc3)cc2c2ccccc12. The van der Waals surface area contributed by atoms with Crippen LogP contribution in [0.15, 0.2) is 146 Å². The van der Waals surface area contributed by atoms with E-state index in [1.807, 2.05) is 0 Å². The van der Waals surface area contributed by atoms with Crippen LogP contribution in [0, 0.1) is 6.92 Å². The largest absolute Gasteiger partial charge is 0.309 e. The number of hydrogen-bond donors (Lipinski definition) is 0. The number of aryl methyl sites for hydroxylation is 1. The number of nitrogens with zero attached hydrogens (tertiary/aromatic N) is 1. The van der Waals surface area contributed by atoms with Crippen molar-refractivity contribution in [1.82, 2.24) is 4.57 Å². The summed E-state index contributed by atoms with van der Waals surface area (Å²) in [4.78, 5) is 0. The highest BCUT2D eigenvalue weighted by molar-refractivity contribution is 6.17. The molecule has 0 amide bonds. The van der Waals surface area contributed by atoms with Crippen LogP contribution in [0.1, 0.15) is 5.56 Å². The number of fused-ring (bicyclic) bond motifs is 6. The van der Waals surface area contributed by atoms with Gasteiger partial charge in [-0.05, 0) is 75.5 Å². The van der Waals surface area contributed by atoms with Gasteiger partial charge in [0.25, 0.3) is 0 Å². The first-order chi connectivity index (χ1) is 18.8. The van der Waals surface area contributed by atoms with Gasteiger partial charge in [-0.25, -0.2) is 0 Å². The molecule has 0 unspecified atom stereocenters. The van der Waals surface area contributed by atoms with E-state index in [2.05, 4.69) is 157 Å². The van der Waals surface area contributed by atoms with Crippen molar-refractivity contribution in [3.05, 3.63) is 151 Å². The minimum absolute atomic E-state index is 1.18. The fourth-order valence-electron chi connectivity index (χ4n) is 5.79. The standard InChI is InChI=1S/C37H27N/c1-26-13-4-2-5-14-27-23-24-28(25-34(27)32-18-9-8-17-30(26)32)31-20-12-22-36-37(31)33-19-10-11-21-35(33)38(36)29-15-6-3-7-16-29/h2-25H,1H3. The van der Waals surface area contributed by atoms with Crippen LogP contribution in [0.2, 0.25) is 0 Å². The zero-order chi connectivity index (χ0) is 25.5. The Morgan fingerprint density at radius 2 is 1.11 bits per heavy atom. The van der Waals surface area contributed by atoms with E-state index in [1.165, 1.54) is 65.7 Å². The quantitative estimate of drug-likeness (QED) is 0.229. The van der Waals surface area contributed by atoms with Crippen LogP contribution < -0.4 is 0 Å². The molecule has 1 aromatic heterocycles. The molecule has 6 aromatic carbocycles. The van der Waals surface area contributed by atoms with Crippen molar-refractivity contribution in [3.63, 3.8) is 0 Å². The molecule has 0 fully saturated rings. The van der Waals surface area contributed by atoms with Crippen molar-refractivity contribution in [1.29, 1.82) is 0 Å². The Kier molecular flexibility index (Phi) is 5.41. The smallest absolute Gasteiger partial charge is 0.0547 e. The molecule has 0 spiro atoms. The molecule has 1 nitrogen and oxygen atoms in total. The van der Waals surface area contributed by atoms with E-state index in [0.717, 1.165) is 0 Å². The third-order valence-electron chi connectivity index (χ3n) is 7.56. The molecule has 0 saturated carbocycles. The van der Waals surface area contributed by atoms with Gasteiger partial charge in [0.1, 0.15) is 0 Å². The summed E-state index contributed by atoms with van der Waals surface area (Å²) in [6.45, 7) is 2.19. The van der Waals surface area contributed by atoms with E-state index < -0.39 is 0 Å². The van der Waals surface area contributed by atoms with E-state index in [0.29, 0.717) is 0 Å². The third kappa shape index (κ3) is 3.64. The highest BCUT2D eigenvalue weighted by Crippen LogP contribution is 2.39. The normalized spacial score (nSPS) is 11.3. The van der Waals surface area contributed by atoms with Crippen LogP contribution in [0.4, 0.5) is 0 Å². The van der Waals surface area contributed by atoms with E-state index in [9.17, 15) is 0 Å². The van der Waals surface area contributed by atoms with Crippen LogP contribution >= 0.6 is 0 Å². The van der Waals surface area contributed by atoms with E-state index in [4.69, 9.17) is 0 Å². The highest BCUT2D eigenvalue weighted by Gasteiger charge is 2.16. The highest BCUT2D eigenvalue weighted by atomic mass is 15.0. The number of aromatic nitrogens is 1. The van der Waals surface area contributed by atoms with Crippen LogP contribution in [0.25, 0.3) is 60.2 Å². The Hall–Kier alpha value is -4.88. The maximum absolute atomic E-state index is 2.38. The summed E-state index contributed by atoms with van der Waals surface area (Å²) in [5.74, 6) is 0. The Labute approximate surface area is 222 Å². The Balaban J connectivity index is 1.60. The third-order valence-corrected chi connectivity index (χ3v) is 7.56. The molecule has 7 aromatic rings. The second kappa shape index (κ2) is 9.21. The molecule has 180 valence electrons. The Bertz CT molecular complexity index is 2030. The van der Waals surface area contributed by atoms with Gasteiger partial charge in [-0.15, -0.1) is 0 Å². The molecular weight excluding hydrogens is 458 g/mol. The molecule has 38 heavy (non-hydrogen) atoms. The fraction of sp³-hybridized carbons (Fsp3) is 0.0270. The molecule has 0 aliphatic heterocycles. The van der Waals surface area contributed by atoms with Crippen molar-refractivity contribution >= 4 is 43.4 Å². The molecule has 7 rings (SSSR count). The maximum Gasteiger partial charge on any atom is 0.0547 e. The molecular formula is C37H27N. The van der Waals surface area contributed by atoms with Gasteiger partial charge in [0.2, 0.25) is 0 Å². The topological polar surface area (TPSA) is 4.93 Å². The van der Waals surface area contributed by atoms with Gasteiger partial charge < -0.3 is 4.57 Å². The van der Waals surface area contributed by atoms with Gasteiger partial charge in [-0.3, -0.25) is 0 Å². The van der Waals surface area contributed by atoms with Gasteiger partial charge in [-0.2, -0.15) is 0 Å². The summed E-state index contributed by atoms with van der Waals surface area (Å²) >= 11 is 0. The number of para-hydroxylation sites is 2. The van der Waals surface area contributed by atoms with Gasteiger partial charge in [0.05, 0.1) is 11.0 Å². The van der Waals surface area contributed by atoms with Gasteiger partial charge in [-0.1, -0.05) is 115 Å². The average Bonchev–Trinajstić information content (AvgIpc) is 3.32. The molecule has 0 aliphatic carbocycles. The van der Waals surface area contributed by atoms with Gasteiger partial charge in [0.15, 0.2) is 0 Å².